The minimum Gasteiger partial charge on any atom is -0.349 e. The van der Waals surface area contributed by atoms with E-state index >= 15 is 0 Å². The Balaban J connectivity index is 1.33. The van der Waals surface area contributed by atoms with Gasteiger partial charge in [-0.05, 0) is 32.1 Å². The van der Waals surface area contributed by atoms with E-state index < -0.39 is 0 Å². The number of amides is 2. The van der Waals surface area contributed by atoms with Crippen LogP contribution in [0.15, 0.2) is 6.20 Å². The molecule has 2 aliphatic heterocycles. The molecule has 4 rings (SSSR count). The molecule has 0 spiro atoms. The van der Waals surface area contributed by atoms with E-state index in [1.165, 1.54) is 0 Å². The first-order valence-electron chi connectivity index (χ1n) is 9.36. The average Bonchev–Trinajstić information content (AvgIpc) is 3.29. The smallest absolute Gasteiger partial charge is 0.254 e. The Morgan fingerprint density at radius 1 is 1.12 bits per heavy atom. The van der Waals surface area contributed by atoms with Gasteiger partial charge in [-0.2, -0.15) is 5.10 Å². The van der Waals surface area contributed by atoms with Crippen LogP contribution in [0.2, 0.25) is 0 Å². The van der Waals surface area contributed by atoms with E-state index in [2.05, 4.69) is 15.3 Å². The lowest BCUT2D eigenvalue weighted by Crippen LogP contribution is -2.50. The molecule has 0 unspecified atom stereocenters. The highest BCUT2D eigenvalue weighted by molar-refractivity contribution is 5.95. The molecule has 1 aliphatic carbocycles. The van der Waals surface area contributed by atoms with Gasteiger partial charge in [0.05, 0.1) is 17.3 Å². The Bertz CT molecular complexity index is 673. The quantitative estimate of drug-likeness (QED) is 0.873. The van der Waals surface area contributed by atoms with Crippen molar-refractivity contribution in [2.24, 2.45) is 7.05 Å². The molecule has 0 radical (unpaired) electrons. The van der Waals surface area contributed by atoms with Crippen molar-refractivity contribution in [2.45, 2.75) is 50.1 Å². The third kappa shape index (κ3) is 3.29. The van der Waals surface area contributed by atoms with Gasteiger partial charge in [-0.1, -0.05) is 0 Å². The number of likely N-dealkylation sites (N-methyl/N-ethyl adjacent to an activating group) is 1. The summed E-state index contributed by atoms with van der Waals surface area (Å²) < 4.78 is 1.74. The molecule has 1 saturated carbocycles. The number of aromatic nitrogens is 2. The van der Waals surface area contributed by atoms with Crippen LogP contribution in [-0.4, -0.2) is 70.2 Å². The first kappa shape index (κ1) is 16.6. The molecule has 3 heterocycles. The number of piperidine rings is 1. The summed E-state index contributed by atoms with van der Waals surface area (Å²) >= 11 is 0. The number of carbonyl (C=O) groups is 2. The van der Waals surface area contributed by atoms with E-state index in [0.717, 1.165) is 63.0 Å². The average molecular weight is 345 g/mol. The number of aryl methyl sites for hydroxylation is 1. The second-order valence-electron chi connectivity index (χ2n) is 7.72. The van der Waals surface area contributed by atoms with E-state index in [1.54, 1.807) is 4.68 Å². The second kappa shape index (κ2) is 6.44. The lowest BCUT2D eigenvalue weighted by molar-refractivity contribution is -0.131. The Morgan fingerprint density at radius 2 is 1.84 bits per heavy atom. The van der Waals surface area contributed by atoms with Crippen molar-refractivity contribution in [3.63, 3.8) is 0 Å². The number of hydrogen-bond donors (Lipinski definition) is 1. The zero-order valence-corrected chi connectivity index (χ0v) is 15.1. The maximum atomic E-state index is 12.7. The van der Waals surface area contributed by atoms with Crippen molar-refractivity contribution in [1.29, 1.82) is 0 Å². The van der Waals surface area contributed by atoms with Crippen LogP contribution in [0.5, 0.6) is 0 Å². The molecule has 2 amide bonds. The predicted octanol–water partition coefficient (Wildman–Crippen LogP) is 0.722. The molecule has 2 saturated heterocycles. The van der Waals surface area contributed by atoms with E-state index in [0.29, 0.717) is 5.92 Å². The molecule has 0 aromatic carbocycles. The van der Waals surface area contributed by atoms with Gasteiger partial charge in [-0.3, -0.25) is 19.2 Å². The zero-order valence-electron chi connectivity index (χ0n) is 15.1. The highest BCUT2D eigenvalue weighted by Gasteiger charge is 2.36. The van der Waals surface area contributed by atoms with Crippen LogP contribution < -0.4 is 5.32 Å². The molecule has 3 aliphatic rings. The Morgan fingerprint density at radius 3 is 2.44 bits per heavy atom. The van der Waals surface area contributed by atoms with Crippen molar-refractivity contribution in [1.82, 2.24) is 24.9 Å². The fraction of sp³-hybridized carbons (Fsp3) is 0.722. The minimum atomic E-state index is 0.00475. The standard InChI is InChI=1S/C18H27N5O2/c1-21-8-7-15(18(21)25)23-9-5-13(6-10-23)19-17(24)14-11-22(2)20-16(14)12-3-4-12/h11-13,15H,3-10H2,1-2H3,(H,19,24)/t15-/m1/s1. The Labute approximate surface area is 148 Å². The first-order valence-corrected chi connectivity index (χ1v) is 9.36. The Kier molecular flexibility index (Phi) is 4.27. The van der Waals surface area contributed by atoms with E-state index in [1.807, 2.05) is 25.2 Å². The van der Waals surface area contributed by atoms with Crippen LogP contribution in [0, 0.1) is 0 Å². The number of hydrogen-bond acceptors (Lipinski definition) is 4. The minimum absolute atomic E-state index is 0.00475. The largest absolute Gasteiger partial charge is 0.349 e. The topological polar surface area (TPSA) is 70.5 Å². The molecule has 25 heavy (non-hydrogen) atoms. The van der Waals surface area contributed by atoms with E-state index in [-0.39, 0.29) is 23.9 Å². The molecule has 1 aromatic rings. The third-order valence-corrected chi connectivity index (χ3v) is 5.77. The van der Waals surface area contributed by atoms with Gasteiger partial charge in [0.1, 0.15) is 0 Å². The molecule has 3 fully saturated rings. The van der Waals surface area contributed by atoms with Crippen LogP contribution >= 0.6 is 0 Å². The van der Waals surface area contributed by atoms with Gasteiger partial charge in [0, 0.05) is 51.9 Å². The van der Waals surface area contributed by atoms with Gasteiger partial charge in [0.2, 0.25) is 5.91 Å². The highest BCUT2D eigenvalue weighted by Crippen LogP contribution is 2.40. The molecule has 0 bridgehead atoms. The fourth-order valence-corrected chi connectivity index (χ4v) is 4.10. The fourth-order valence-electron chi connectivity index (χ4n) is 4.10. The first-order chi connectivity index (χ1) is 12.0. The lowest BCUT2D eigenvalue weighted by Gasteiger charge is -2.35. The van der Waals surface area contributed by atoms with Crippen LogP contribution in [0.1, 0.15) is 54.1 Å². The predicted molar refractivity (Wildman–Crippen MR) is 93.3 cm³/mol. The summed E-state index contributed by atoms with van der Waals surface area (Å²) in [6.07, 6.45) is 6.84. The van der Waals surface area contributed by atoms with Gasteiger partial charge < -0.3 is 10.2 Å². The third-order valence-electron chi connectivity index (χ3n) is 5.77. The van der Waals surface area contributed by atoms with Gasteiger partial charge in [0.25, 0.3) is 5.91 Å². The molecule has 136 valence electrons. The van der Waals surface area contributed by atoms with Gasteiger partial charge in [-0.25, -0.2) is 0 Å². The molecular formula is C18H27N5O2. The molecule has 7 nitrogen and oxygen atoms in total. The van der Waals surface area contributed by atoms with Crippen molar-refractivity contribution in [3.05, 3.63) is 17.5 Å². The van der Waals surface area contributed by atoms with E-state index in [4.69, 9.17) is 0 Å². The SMILES string of the molecule is CN1CC[C@@H](N2CCC(NC(=O)c3cn(C)nc3C3CC3)CC2)C1=O. The summed E-state index contributed by atoms with van der Waals surface area (Å²) in [5, 5.41) is 7.66. The zero-order chi connectivity index (χ0) is 17.6. The Hall–Kier alpha value is -1.89. The lowest BCUT2D eigenvalue weighted by atomic mass is 10.0. The number of carbonyl (C=O) groups excluding carboxylic acids is 2. The molecule has 1 atom stereocenters. The maximum absolute atomic E-state index is 12.7. The number of nitrogens with one attached hydrogen (secondary N) is 1. The van der Waals surface area contributed by atoms with Crippen LogP contribution in [-0.2, 0) is 11.8 Å². The van der Waals surface area contributed by atoms with Crippen LogP contribution in [0.4, 0.5) is 0 Å². The van der Waals surface area contributed by atoms with Crippen molar-refractivity contribution in [2.75, 3.05) is 26.7 Å². The highest BCUT2D eigenvalue weighted by atomic mass is 16.2. The molecular weight excluding hydrogens is 318 g/mol. The summed E-state index contributed by atoms with van der Waals surface area (Å²) in [6.45, 7) is 2.60. The van der Waals surface area contributed by atoms with Crippen LogP contribution in [0.3, 0.4) is 0 Å². The van der Waals surface area contributed by atoms with Gasteiger partial charge in [0.15, 0.2) is 0 Å². The molecule has 7 heteroatoms. The van der Waals surface area contributed by atoms with Gasteiger partial charge in [-0.15, -0.1) is 0 Å². The molecule has 1 N–H and O–H groups in total. The second-order valence-corrected chi connectivity index (χ2v) is 7.72. The summed E-state index contributed by atoms with van der Waals surface area (Å²) in [4.78, 5) is 28.9. The summed E-state index contributed by atoms with van der Waals surface area (Å²) in [5.41, 5.74) is 1.69. The summed E-state index contributed by atoms with van der Waals surface area (Å²) in [6, 6.07) is 0.228. The van der Waals surface area contributed by atoms with E-state index in [9.17, 15) is 9.59 Å². The van der Waals surface area contributed by atoms with Gasteiger partial charge >= 0.3 is 0 Å². The summed E-state index contributed by atoms with van der Waals surface area (Å²) in [7, 11) is 3.75. The monoisotopic (exact) mass is 345 g/mol. The number of likely N-dealkylation sites (tertiary alicyclic amines) is 2. The maximum Gasteiger partial charge on any atom is 0.254 e. The number of rotatable bonds is 4. The van der Waals surface area contributed by atoms with Crippen LogP contribution in [0.25, 0.3) is 0 Å². The number of nitrogens with zero attached hydrogens (tertiary/aromatic N) is 4. The molecule has 1 aromatic heterocycles. The van der Waals surface area contributed by atoms with Crippen molar-refractivity contribution >= 4 is 11.8 Å². The normalized spacial score (nSPS) is 25.6. The van der Waals surface area contributed by atoms with Crippen molar-refractivity contribution in [3.8, 4) is 0 Å². The summed E-state index contributed by atoms with van der Waals surface area (Å²) in [5.74, 6) is 0.714. The van der Waals surface area contributed by atoms with Crippen molar-refractivity contribution < 1.29 is 9.59 Å².